The zero-order valence-electron chi connectivity index (χ0n) is 14.2. The molecule has 1 aromatic rings. The van der Waals surface area contributed by atoms with Crippen molar-refractivity contribution in [2.75, 3.05) is 11.9 Å². The van der Waals surface area contributed by atoms with Crippen molar-refractivity contribution in [3.63, 3.8) is 0 Å². The van der Waals surface area contributed by atoms with E-state index in [9.17, 15) is 14.4 Å². The van der Waals surface area contributed by atoms with Crippen LogP contribution in [-0.2, 0) is 14.4 Å². The van der Waals surface area contributed by atoms with Crippen LogP contribution >= 0.6 is 0 Å². The lowest BCUT2D eigenvalue weighted by molar-refractivity contribution is -0.136. The minimum absolute atomic E-state index is 0.0465. The van der Waals surface area contributed by atoms with E-state index in [0.717, 1.165) is 12.8 Å². The van der Waals surface area contributed by atoms with Gasteiger partial charge < -0.3 is 16.0 Å². The van der Waals surface area contributed by atoms with Crippen molar-refractivity contribution in [2.45, 2.75) is 52.4 Å². The highest BCUT2D eigenvalue weighted by atomic mass is 16.2. The standard InChI is InChI=1S/C15H24N6O3/c1-4-6-10-8-12(22)19-15(17-10)21-11(7-9(3)20-21)18-14(24)13(23)16-5-2/h7,10,15,17H,4-6,8H2,1-3H3,(H,16,23)(H,18,24)(H,19,22). The number of hydrogen-bond donors (Lipinski definition) is 4. The molecule has 2 unspecified atom stereocenters. The first-order chi connectivity index (χ1) is 11.4. The number of aryl methyl sites for hydroxylation is 1. The zero-order valence-corrected chi connectivity index (χ0v) is 14.2. The van der Waals surface area contributed by atoms with Gasteiger partial charge in [0, 0.05) is 25.1 Å². The maximum atomic E-state index is 11.9. The first-order valence-electron chi connectivity index (χ1n) is 8.15. The van der Waals surface area contributed by atoms with Gasteiger partial charge in [0.1, 0.15) is 5.82 Å². The average Bonchev–Trinajstić information content (AvgIpc) is 2.88. The van der Waals surface area contributed by atoms with Crippen LogP contribution in [0.25, 0.3) is 0 Å². The summed E-state index contributed by atoms with van der Waals surface area (Å²) in [4.78, 5) is 35.4. The van der Waals surface area contributed by atoms with E-state index in [1.807, 2.05) is 0 Å². The number of carbonyl (C=O) groups excluding carboxylic acids is 3. The van der Waals surface area contributed by atoms with Crippen LogP contribution in [-0.4, -0.2) is 40.1 Å². The third kappa shape index (κ3) is 4.31. The highest BCUT2D eigenvalue weighted by molar-refractivity contribution is 6.39. The predicted octanol–water partition coefficient (Wildman–Crippen LogP) is 0.000420. The van der Waals surface area contributed by atoms with E-state index in [4.69, 9.17) is 0 Å². The second-order valence-electron chi connectivity index (χ2n) is 5.76. The topological polar surface area (TPSA) is 117 Å². The van der Waals surface area contributed by atoms with Crippen LogP contribution in [0.15, 0.2) is 6.07 Å². The summed E-state index contributed by atoms with van der Waals surface area (Å²) < 4.78 is 1.48. The molecule has 0 bridgehead atoms. The van der Waals surface area contributed by atoms with E-state index < -0.39 is 18.1 Å². The summed E-state index contributed by atoms with van der Waals surface area (Å²) in [5.41, 5.74) is 0.662. The fourth-order valence-corrected chi connectivity index (χ4v) is 2.65. The number of nitrogens with zero attached hydrogens (tertiary/aromatic N) is 2. The monoisotopic (exact) mass is 336 g/mol. The fourth-order valence-electron chi connectivity index (χ4n) is 2.65. The van der Waals surface area contributed by atoms with Crippen molar-refractivity contribution in [1.29, 1.82) is 0 Å². The largest absolute Gasteiger partial charge is 0.348 e. The highest BCUT2D eigenvalue weighted by Gasteiger charge is 2.29. The van der Waals surface area contributed by atoms with Gasteiger partial charge in [0.25, 0.3) is 0 Å². The number of aromatic nitrogens is 2. The number of rotatable bonds is 5. The molecule has 0 aliphatic carbocycles. The molecule has 2 rings (SSSR count). The number of carbonyl (C=O) groups is 3. The van der Waals surface area contributed by atoms with E-state index in [1.165, 1.54) is 4.68 Å². The van der Waals surface area contributed by atoms with Crippen molar-refractivity contribution < 1.29 is 14.4 Å². The third-order valence-electron chi connectivity index (χ3n) is 3.65. The molecule has 0 aromatic carbocycles. The molecular formula is C15H24N6O3. The van der Waals surface area contributed by atoms with Gasteiger partial charge in [0.15, 0.2) is 6.29 Å². The lowest BCUT2D eigenvalue weighted by Crippen LogP contribution is -2.53. The molecule has 3 amide bonds. The van der Waals surface area contributed by atoms with E-state index >= 15 is 0 Å². The molecule has 9 heteroatoms. The van der Waals surface area contributed by atoms with Crippen LogP contribution in [0, 0.1) is 6.92 Å². The Kier molecular flexibility index (Phi) is 5.91. The van der Waals surface area contributed by atoms with Crippen molar-refractivity contribution in [2.24, 2.45) is 0 Å². The molecule has 2 atom stereocenters. The van der Waals surface area contributed by atoms with Gasteiger partial charge in [-0.05, 0) is 20.3 Å². The Hall–Kier alpha value is -2.42. The van der Waals surface area contributed by atoms with Crippen LogP contribution in [0.3, 0.4) is 0 Å². The lowest BCUT2D eigenvalue weighted by atomic mass is 10.1. The van der Waals surface area contributed by atoms with Gasteiger partial charge in [0.05, 0.1) is 5.69 Å². The molecule has 9 nitrogen and oxygen atoms in total. The normalized spacial score (nSPS) is 20.4. The van der Waals surface area contributed by atoms with Crippen molar-refractivity contribution >= 4 is 23.5 Å². The molecule has 0 radical (unpaired) electrons. The number of amides is 3. The summed E-state index contributed by atoms with van der Waals surface area (Å²) in [7, 11) is 0. The maximum Gasteiger partial charge on any atom is 0.314 e. The van der Waals surface area contributed by atoms with Crippen molar-refractivity contribution in [3.8, 4) is 0 Å². The van der Waals surface area contributed by atoms with Crippen molar-refractivity contribution in [1.82, 2.24) is 25.7 Å². The molecule has 24 heavy (non-hydrogen) atoms. The highest BCUT2D eigenvalue weighted by Crippen LogP contribution is 2.18. The molecule has 2 heterocycles. The van der Waals surface area contributed by atoms with Crippen LogP contribution in [0.1, 0.15) is 45.1 Å². The van der Waals surface area contributed by atoms with Gasteiger partial charge >= 0.3 is 11.8 Å². The van der Waals surface area contributed by atoms with Crippen LogP contribution in [0.4, 0.5) is 5.82 Å². The second kappa shape index (κ2) is 7.91. The smallest absolute Gasteiger partial charge is 0.314 e. The summed E-state index contributed by atoms with van der Waals surface area (Å²) in [5.74, 6) is -1.22. The van der Waals surface area contributed by atoms with Gasteiger partial charge in [-0.3, -0.25) is 19.7 Å². The zero-order chi connectivity index (χ0) is 17.7. The first kappa shape index (κ1) is 17.9. The second-order valence-corrected chi connectivity index (χ2v) is 5.76. The van der Waals surface area contributed by atoms with Crippen LogP contribution in [0.5, 0.6) is 0 Å². The number of likely N-dealkylation sites (N-methyl/N-ethyl adjacent to an activating group) is 1. The maximum absolute atomic E-state index is 11.9. The Bertz CT molecular complexity index is 627. The molecule has 0 saturated carbocycles. The summed E-state index contributed by atoms with van der Waals surface area (Å²) in [5, 5.41) is 15.4. The molecule has 1 aliphatic rings. The van der Waals surface area contributed by atoms with Gasteiger partial charge in [-0.15, -0.1) is 0 Å². The van der Waals surface area contributed by atoms with Gasteiger partial charge in [-0.2, -0.15) is 5.10 Å². The summed E-state index contributed by atoms with van der Waals surface area (Å²) in [6.45, 7) is 5.92. The van der Waals surface area contributed by atoms with Gasteiger partial charge in [-0.25, -0.2) is 4.68 Å². The lowest BCUT2D eigenvalue weighted by Gasteiger charge is -2.32. The Labute approximate surface area is 140 Å². The fraction of sp³-hybridized carbons (Fsp3) is 0.600. The minimum Gasteiger partial charge on any atom is -0.348 e. The van der Waals surface area contributed by atoms with E-state index in [-0.39, 0.29) is 11.9 Å². The number of anilines is 1. The third-order valence-corrected chi connectivity index (χ3v) is 3.65. The molecule has 1 fully saturated rings. The van der Waals surface area contributed by atoms with E-state index in [0.29, 0.717) is 24.5 Å². The average molecular weight is 336 g/mol. The molecule has 4 N–H and O–H groups in total. The molecule has 1 saturated heterocycles. The van der Waals surface area contributed by atoms with E-state index in [1.54, 1.807) is 19.9 Å². The van der Waals surface area contributed by atoms with E-state index in [2.05, 4.69) is 33.3 Å². The molecule has 1 aromatic heterocycles. The summed E-state index contributed by atoms with van der Waals surface area (Å²) in [6.07, 6.45) is 1.66. The number of hydrogen-bond acceptors (Lipinski definition) is 5. The SMILES string of the molecule is CCCC1CC(=O)NC(n2nc(C)cc2NC(=O)C(=O)NCC)N1. The molecule has 132 valence electrons. The number of nitrogens with one attached hydrogen (secondary N) is 4. The molecule has 1 aliphatic heterocycles. The minimum atomic E-state index is -0.773. The Morgan fingerprint density at radius 3 is 2.79 bits per heavy atom. The first-order valence-corrected chi connectivity index (χ1v) is 8.15. The summed E-state index contributed by atoms with van der Waals surface area (Å²) >= 11 is 0. The Morgan fingerprint density at radius 2 is 2.12 bits per heavy atom. The molecule has 0 spiro atoms. The Morgan fingerprint density at radius 1 is 1.38 bits per heavy atom. The van der Waals surface area contributed by atoms with Crippen LogP contribution in [0.2, 0.25) is 0 Å². The molecular weight excluding hydrogens is 312 g/mol. The Balaban J connectivity index is 2.17. The van der Waals surface area contributed by atoms with Crippen molar-refractivity contribution in [3.05, 3.63) is 11.8 Å². The summed E-state index contributed by atoms with van der Waals surface area (Å²) in [6, 6.07) is 1.69. The predicted molar refractivity (Wildman–Crippen MR) is 87.9 cm³/mol. The van der Waals surface area contributed by atoms with Gasteiger partial charge in [-0.1, -0.05) is 13.3 Å². The quantitative estimate of drug-likeness (QED) is 0.565. The van der Waals surface area contributed by atoms with Gasteiger partial charge in [0.2, 0.25) is 5.91 Å². The van der Waals surface area contributed by atoms with Crippen LogP contribution < -0.4 is 21.3 Å².